The molecule has 1 unspecified atom stereocenters. The van der Waals surface area contributed by atoms with E-state index in [2.05, 4.69) is 4.72 Å². The van der Waals surface area contributed by atoms with Crippen LogP contribution in [-0.2, 0) is 17.7 Å². The molecule has 1 aromatic rings. The van der Waals surface area contributed by atoms with Crippen molar-refractivity contribution in [2.24, 2.45) is 5.73 Å². The molecule has 0 fully saturated rings. The van der Waals surface area contributed by atoms with E-state index in [1.165, 1.54) is 0 Å². The summed E-state index contributed by atoms with van der Waals surface area (Å²) in [5.41, 5.74) is 7.01. The van der Waals surface area contributed by atoms with Crippen LogP contribution in [0.2, 0.25) is 0 Å². The number of nitrogens with one attached hydrogen (secondary N) is 1. The highest BCUT2D eigenvalue weighted by atomic mass is 32.2. The Labute approximate surface area is 79.6 Å². The van der Waals surface area contributed by atoms with E-state index in [0.29, 0.717) is 18.7 Å². The monoisotopic (exact) mass is 200 g/mol. The zero-order valence-electron chi connectivity index (χ0n) is 7.06. The minimum absolute atomic E-state index is 0.525. The van der Waals surface area contributed by atoms with Crippen LogP contribution in [0.15, 0.2) is 24.3 Å². The lowest BCUT2D eigenvalue weighted by molar-refractivity contribution is 0.570. The maximum Gasteiger partial charge on any atom is 0.259 e. The zero-order valence-corrected chi connectivity index (χ0v) is 7.88. The van der Waals surface area contributed by atoms with Crippen molar-refractivity contribution < 1.29 is 8.76 Å². The summed E-state index contributed by atoms with van der Waals surface area (Å²) >= 11 is -2.02. The summed E-state index contributed by atoms with van der Waals surface area (Å²) in [7, 11) is 0. The van der Waals surface area contributed by atoms with Crippen molar-refractivity contribution in [1.29, 1.82) is 0 Å². The van der Waals surface area contributed by atoms with Crippen LogP contribution < -0.4 is 10.5 Å². The third-order valence-electron chi connectivity index (χ3n) is 1.63. The van der Waals surface area contributed by atoms with Crippen LogP contribution in [0.25, 0.3) is 0 Å². The van der Waals surface area contributed by atoms with Crippen molar-refractivity contribution in [2.75, 3.05) is 11.3 Å². The fourth-order valence-electron chi connectivity index (χ4n) is 1.09. The third-order valence-corrected chi connectivity index (χ3v) is 2.02. The molecule has 4 N–H and O–H groups in total. The van der Waals surface area contributed by atoms with Gasteiger partial charge in [0.2, 0.25) is 0 Å². The van der Waals surface area contributed by atoms with Crippen LogP contribution in [0.4, 0.5) is 5.69 Å². The first kappa shape index (κ1) is 10.2. The van der Waals surface area contributed by atoms with Crippen molar-refractivity contribution >= 4 is 17.0 Å². The second-order valence-corrected chi connectivity index (χ2v) is 3.25. The minimum atomic E-state index is -2.02. The first-order valence-corrected chi connectivity index (χ1v) is 5.00. The summed E-state index contributed by atoms with van der Waals surface area (Å²) < 4.78 is 21.6. The average molecular weight is 200 g/mol. The molecule has 1 atom stereocenters. The maximum absolute atomic E-state index is 10.5. The van der Waals surface area contributed by atoms with Gasteiger partial charge >= 0.3 is 0 Å². The molecular formula is C8H12N2O2S. The molecule has 4 nitrogen and oxygen atoms in total. The highest BCUT2D eigenvalue weighted by Crippen LogP contribution is 2.15. The van der Waals surface area contributed by atoms with Gasteiger partial charge in [0.25, 0.3) is 11.3 Å². The van der Waals surface area contributed by atoms with Crippen LogP contribution in [0.3, 0.4) is 0 Å². The first-order chi connectivity index (χ1) is 6.24. The summed E-state index contributed by atoms with van der Waals surface area (Å²) in [5.74, 6) is 0. The summed E-state index contributed by atoms with van der Waals surface area (Å²) in [6.07, 6.45) is 0.695. The fraction of sp³-hybridized carbons (Fsp3) is 0.250. The van der Waals surface area contributed by atoms with Crippen LogP contribution in [0, 0.1) is 0 Å². The number of nitrogens with two attached hydrogens (primary N) is 1. The molecule has 1 rings (SSSR count). The van der Waals surface area contributed by atoms with Crippen LogP contribution in [-0.4, -0.2) is 15.3 Å². The molecule has 1 aromatic carbocycles. The van der Waals surface area contributed by atoms with E-state index >= 15 is 0 Å². The van der Waals surface area contributed by atoms with E-state index in [0.717, 1.165) is 5.56 Å². The molecule has 0 spiro atoms. The van der Waals surface area contributed by atoms with Gasteiger partial charge in [-0.3, -0.25) is 9.27 Å². The predicted octanol–water partition coefficient (Wildman–Crippen LogP) is 0.736. The van der Waals surface area contributed by atoms with Crippen LogP contribution in [0.1, 0.15) is 5.56 Å². The van der Waals surface area contributed by atoms with Crippen molar-refractivity contribution in [3.05, 3.63) is 29.8 Å². The molecule has 0 radical (unpaired) electrons. The Hall–Kier alpha value is -0.910. The highest BCUT2D eigenvalue weighted by molar-refractivity contribution is 7.80. The van der Waals surface area contributed by atoms with Gasteiger partial charge in [-0.2, -0.15) is 0 Å². The van der Waals surface area contributed by atoms with Gasteiger partial charge in [-0.05, 0) is 24.6 Å². The molecule has 5 heteroatoms. The van der Waals surface area contributed by atoms with Crippen molar-refractivity contribution in [2.45, 2.75) is 6.42 Å². The van der Waals surface area contributed by atoms with E-state index in [1.54, 1.807) is 12.1 Å². The van der Waals surface area contributed by atoms with Gasteiger partial charge in [-0.1, -0.05) is 18.2 Å². The molecule has 0 aliphatic carbocycles. The Balaban J connectivity index is 2.84. The molecular weight excluding hydrogens is 188 g/mol. The van der Waals surface area contributed by atoms with Gasteiger partial charge in [0.1, 0.15) is 0 Å². The number of anilines is 1. The lowest BCUT2D eigenvalue weighted by Gasteiger charge is -2.07. The minimum Gasteiger partial charge on any atom is -0.330 e. The van der Waals surface area contributed by atoms with E-state index in [1.807, 2.05) is 12.1 Å². The van der Waals surface area contributed by atoms with Crippen LogP contribution in [0.5, 0.6) is 0 Å². The number of hydrogen-bond acceptors (Lipinski definition) is 2. The van der Waals surface area contributed by atoms with E-state index in [-0.39, 0.29) is 0 Å². The molecule has 0 aromatic heterocycles. The molecule has 0 saturated heterocycles. The molecule has 0 aliphatic rings. The van der Waals surface area contributed by atoms with Gasteiger partial charge in [-0.25, -0.2) is 4.21 Å². The molecule has 0 saturated carbocycles. The van der Waals surface area contributed by atoms with Gasteiger partial charge in [0.15, 0.2) is 0 Å². The second-order valence-electron chi connectivity index (χ2n) is 2.55. The van der Waals surface area contributed by atoms with Gasteiger partial charge in [-0.15, -0.1) is 0 Å². The number of hydrogen-bond donors (Lipinski definition) is 3. The summed E-state index contributed by atoms with van der Waals surface area (Å²) in [5, 5.41) is 0. The number of benzene rings is 1. The molecule has 0 amide bonds. The Morgan fingerprint density at radius 3 is 2.77 bits per heavy atom. The van der Waals surface area contributed by atoms with Gasteiger partial charge in [0.05, 0.1) is 5.69 Å². The second kappa shape index (κ2) is 4.96. The third kappa shape index (κ3) is 3.14. The Morgan fingerprint density at radius 2 is 2.15 bits per heavy atom. The van der Waals surface area contributed by atoms with E-state index < -0.39 is 11.3 Å². The normalized spacial score (nSPS) is 12.5. The summed E-state index contributed by atoms with van der Waals surface area (Å²) in [6.45, 7) is 0.525. The zero-order chi connectivity index (χ0) is 9.68. The molecule has 0 heterocycles. The van der Waals surface area contributed by atoms with Gasteiger partial charge < -0.3 is 5.73 Å². The van der Waals surface area contributed by atoms with E-state index in [4.69, 9.17) is 10.3 Å². The number of rotatable bonds is 4. The lowest BCUT2D eigenvalue weighted by atomic mass is 10.1. The largest absolute Gasteiger partial charge is 0.330 e. The molecule has 72 valence electrons. The highest BCUT2D eigenvalue weighted by Gasteiger charge is 2.01. The predicted molar refractivity (Wildman–Crippen MR) is 53.6 cm³/mol. The number of para-hydroxylation sites is 1. The smallest absolute Gasteiger partial charge is 0.259 e. The molecule has 0 aliphatic heterocycles. The Kier molecular flexibility index (Phi) is 3.88. The molecule has 0 bridgehead atoms. The fourth-order valence-corrected chi connectivity index (χ4v) is 1.47. The Bertz CT molecular complexity index is 304. The van der Waals surface area contributed by atoms with Crippen LogP contribution >= 0.6 is 0 Å². The SMILES string of the molecule is NCCc1ccccc1NS(=O)O. The topological polar surface area (TPSA) is 75.3 Å². The van der Waals surface area contributed by atoms with E-state index in [9.17, 15) is 4.21 Å². The summed E-state index contributed by atoms with van der Waals surface area (Å²) in [6, 6.07) is 7.30. The van der Waals surface area contributed by atoms with Crippen molar-refractivity contribution in [1.82, 2.24) is 0 Å². The van der Waals surface area contributed by atoms with Crippen molar-refractivity contribution in [3.8, 4) is 0 Å². The molecule has 13 heavy (non-hydrogen) atoms. The lowest BCUT2D eigenvalue weighted by Crippen LogP contribution is -2.08. The summed E-state index contributed by atoms with van der Waals surface area (Å²) in [4.78, 5) is 0. The first-order valence-electron chi connectivity index (χ1n) is 3.89. The quantitative estimate of drug-likeness (QED) is 0.627. The maximum atomic E-state index is 10.5. The van der Waals surface area contributed by atoms with Crippen molar-refractivity contribution in [3.63, 3.8) is 0 Å². The Morgan fingerprint density at radius 1 is 1.46 bits per heavy atom. The standard InChI is InChI=1S/C8H12N2O2S/c9-6-5-7-3-1-2-4-8(7)10-13(11)12/h1-4,10H,5-6,9H2,(H,11,12). The average Bonchev–Trinajstić information content (AvgIpc) is 2.08. The van der Waals surface area contributed by atoms with Gasteiger partial charge in [0, 0.05) is 0 Å².